The molecule has 2 aromatic carbocycles. The van der Waals surface area contributed by atoms with Crippen LogP contribution in [0.3, 0.4) is 0 Å². The Labute approximate surface area is 177 Å². The van der Waals surface area contributed by atoms with Crippen molar-refractivity contribution >= 4 is 22.4 Å². The van der Waals surface area contributed by atoms with Crippen LogP contribution in [0.15, 0.2) is 53.9 Å². The van der Waals surface area contributed by atoms with Crippen LogP contribution in [0.4, 0.5) is 5.13 Å². The van der Waals surface area contributed by atoms with Crippen molar-refractivity contribution in [2.45, 2.75) is 46.2 Å². The van der Waals surface area contributed by atoms with Crippen molar-refractivity contribution in [3.63, 3.8) is 0 Å². The lowest BCUT2D eigenvalue weighted by Crippen LogP contribution is -2.23. The number of aryl methyl sites for hydroxylation is 1. The lowest BCUT2D eigenvalue weighted by Gasteiger charge is -2.17. The number of aromatic nitrogens is 1. The second kappa shape index (κ2) is 8.78. The van der Waals surface area contributed by atoms with E-state index < -0.39 is 0 Å². The molecule has 1 N–H and O–H groups in total. The molecular formula is C24H29N3OS. The highest BCUT2D eigenvalue weighted by molar-refractivity contribution is 7.13. The van der Waals surface area contributed by atoms with Gasteiger partial charge in [0.1, 0.15) is 0 Å². The molecule has 3 aromatic rings. The Morgan fingerprint density at radius 1 is 1.03 bits per heavy atom. The zero-order valence-electron chi connectivity index (χ0n) is 17.8. The molecule has 0 saturated carbocycles. The maximum absolute atomic E-state index is 12.4. The van der Waals surface area contributed by atoms with Gasteiger partial charge < -0.3 is 10.2 Å². The van der Waals surface area contributed by atoms with Gasteiger partial charge in [0.2, 0.25) is 0 Å². The number of hydrogen-bond donors (Lipinski definition) is 1. The van der Waals surface area contributed by atoms with Gasteiger partial charge in [-0.2, -0.15) is 0 Å². The van der Waals surface area contributed by atoms with Gasteiger partial charge in [-0.25, -0.2) is 4.98 Å². The lowest BCUT2D eigenvalue weighted by molar-refractivity contribution is 0.0951. The fourth-order valence-corrected chi connectivity index (χ4v) is 3.90. The standard InChI is InChI=1S/C24H29N3OS/c1-17-6-8-18(9-7-17)14-25-22(28)20-12-10-19(11-13-20)15-27(5)23-26-21(16-29-23)24(2,3)4/h6-13,16H,14-15H2,1-5H3,(H,25,28). The van der Waals surface area contributed by atoms with E-state index >= 15 is 0 Å². The predicted octanol–water partition coefficient (Wildman–Crippen LogP) is 5.32. The molecule has 0 radical (unpaired) electrons. The minimum atomic E-state index is -0.0553. The second-order valence-electron chi connectivity index (χ2n) is 8.49. The lowest BCUT2D eigenvalue weighted by atomic mass is 9.93. The Morgan fingerprint density at radius 2 is 1.66 bits per heavy atom. The van der Waals surface area contributed by atoms with E-state index in [0.29, 0.717) is 12.1 Å². The number of anilines is 1. The number of nitrogens with zero attached hydrogens (tertiary/aromatic N) is 2. The third kappa shape index (κ3) is 5.67. The van der Waals surface area contributed by atoms with Gasteiger partial charge in [0.25, 0.3) is 5.91 Å². The molecule has 5 heteroatoms. The van der Waals surface area contributed by atoms with Gasteiger partial charge in [0.15, 0.2) is 5.13 Å². The minimum Gasteiger partial charge on any atom is -0.348 e. The highest BCUT2D eigenvalue weighted by Crippen LogP contribution is 2.28. The van der Waals surface area contributed by atoms with Gasteiger partial charge in [0.05, 0.1) is 5.69 Å². The maximum Gasteiger partial charge on any atom is 0.251 e. The summed E-state index contributed by atoms with van der Waals surface area (Å²) in [5, 5.41) is 6.12. The molecule has 152 valence electrons. The second-order valence-corrected chi connectivity index (χ2v) is 9.32. The fraction of sp³-hybridized carbons (Fsp3) is 0.333. The molecular weight excluding hydrogens is 378 g/mol. The normalized spacial score (nSPS) is 11.3. The van der Waals surface area contributed by atoms with E-state index in [9.17, 15) is 4.79 Å². The first-order valence-corrected chi connectivity index (χ1v) is 10.7. The van der Waals surface area contributed by atoms with Crippen LogP contribution in [0.1, 0.15) is 53.5 Å². The topological polar surface area (TPSA) is 45.2 Å². The Hall–Kier alpha value is -2.66. The summed E-state index contributed by atoms with van der Waals surface area (Å²) in [6.07, 6.45) is 0. The van der Waals surface area contributed by atoms with Gasteiger partial charge in [-0.3, -0.25) is 4.79 Å². The molecule has 0 aliphatic carbocycles. The SMILES string of the molecule is Cc1ccc(CNC(=O)c2ccc(CN(C)c3nc(C(C)(C)C)cs3)cc2)cc1. The van der Waals surface area contributed by atoms with E-state index in [0.717, 1.165) is 28.5 Å². The molecule has 0 aliphatic rings. The summed E-state index contributed by atoms with van der Waals surface area (Å²) in [4.78, 5) is 19.3. The number of hydrogen-bond acceptors (Lipinski definition) is 4. The van der Waals surface area contributed by atoms with Crippen LogP contribution in [-0.2, 0) is 18.5 Å². The molecule has 0 aliphatic heterocycles. The number of thiazole rings is 1. The Morgan fingerprint density at radius 3 is 2.24 bits per heavy atom. The van der Waals surface area contributed by atoms with Crippen molar-refractivity contribution in [3.8, 4) is 0 Å². The van der Waals surface area contributed by atoms with Crippen LogP contribution in [0.25, 0.3) is 0 Å². The molecule has 29 heavy (non-hydrogen) atoms. The summed E-state index contributed by atoms with van der Waals surface area (Å²) < 4.78 is 0. The summed E-state index contributed by atoms with van der Waals surface area (Å²) in [5.74, 6) is -0.0553. The van der Waals surface area contributed by atoms with Crippen LogP contribution in [0, 0.1) is 6.92 Å². The summed E-state index contributed by atoms with van der Waals surface area (Å²) in [6, 6.07) is 16.0. The summed E-state index contributed by atoms with van der Waals surface area (Å²) in [5.41, 5.74) is 5.31. The first-order valence-electron chi connectivity index (χ1n) is 9.82. The number of nitrogens with one attached hydrogen (secondary N) is 1. The van der Waals surface area contributed by atoms with Crippen LogP contribution in [-0.4, -0.2) is 17.9 Å². The zero-order valence-corrected chi connectivity index (χ0v) is 18.6. The van der Waals surface area contributed by atoms with Crippen molar-refractivity contribution in [2.24, 2.45) is 0 Å². The van der Waals surface area contributed by atoms with Gasteiger partial charge in [-0.1, -0.05) is 62.7 Å². The third-order valence-corrected chi connectivity index (χ3v) is 5.75. The molecule has 0 bridgehead atoms. The molecule has 0 unspecified atom stereocenters. The smallest absolute Gasteiger partial charge is 0.251 e. The van der Waals surface area contributed by atoms with Crippen molar-refractivity contribution in [2.75, 3.05) is 11.9 Å². The monoisotopic (exact) mass is 407 g/mol. The number of benzene rings is 2. The number of carbonyl (C=O) groups excluding carboxylic acids is 1. The molecule has 0 saturated heterocycles. The summed E-state index contributed by atoms with van der Waals surface area (Å²) in [7, 11) is 2.05. The molecule has 1 amide bonds. The van der Waals surface area contributed by atoms with Crippen LogP contribution in [0.5, 0.6) is 0 Å². The van der Waals surface area contributed by atoms with Crippen molar-refractivity contribution in [1.29, 1.82) is 0 Å². The minimum absolute atomic E-state index is 0.0553. The van der Waals surface area contributed by atoms with E-state index in [1.807, 2.05) is 43.4 Å². The van der Waals surface area contributed by atoms with E-state index in [-0.39, 0.29) is 11.3 Å². The van der Waals surface area contributed by atoms with Gasteiger partial charge in [-0.15, -0.1) is 11.3 Å². The maximum atomic E-state index is 12.4. The molecule has 4 nitrogen and oxygen atoms in total. The van der Waals surface area contributed by atoms with Crippen LogP contribution >= 0.6 is 11.3 Å². The van der Waals surface area contributed by atoms with Gasteiger partial charge in [-0.05, 0) is 30.2 Å². The van der Waals surface area contributed by atoms with Crippen LogP contribution in [0.2, 0.25) is 0 Å². The Balaban J connectivity index is 1.57. The van der Waals surface area contributed by atoms with Crippen molar-refractivity contribution < 1.29 is 4.79 Å². The predicted molar refractivity (Wildman–Crippen MR) is 122 cm³/mol. The van der Waals surface area contributed by atoms with E-state index in [1.165, 1.54) is 5.56 Å². The van der Waals surface area contributed by atoms with Crippen LogP contribution < -0.4 is 10.2 Å². The Bertz CT molecular complexity index is 953. The highest BCUT2D eigenvalue weighted by atomic mass is 32.1. The average Bonchev–Trinajstić information content (AvgIpc) is 3.19. The Kier molecular flexibility index (Phi) is 6.38. The largest absolute Gasteiger partial charge is 0.348 e. The van der Waals surface area contributed by atoms with E-state index in [2.05, 4.69) is 55.4 Å². The van der Waals surface area contributed by atoms with E-state index in [1.54, 1.807) is 11.3 Å². The zero-order chi connectivity index (χ0) is 21.0. The third-order valence-electron chi connectivity index (χ3n) is 4.80. The molecule has 1 aromatic heterocycles. The highest BCUT2D eigenvalue weighted by Gasteiger charge is 2.18. The van der Waals surface area contributed by atoms with E-state index in [4.69, 9.17) is 4.98 Å². The number of rotatable bonds is 6. The summed E-state index contributed by atoms with van der Waals surface area (Å²) in [6.45, 7) is 9.86. The van der Waals surface area contributed by atoms with Crippen molar-refractivity contribution in [1.82, 2.24) is 10.3 Å². The molecule has 0 atom stereocenters. The number of carbonyl (C=O) groups is 1. The quantitative estimate of drug-likeness (QED) is 0.602. The number of amides is 1. The molecule has 1 heterocycles. The fourth-order valence-electron chi connectivity index (χ4n) is 2.88. The molecule has 3 rings (SSSR count). The van der Waals surface area contributed by atoms with Gasteiger partial charge in [0, 0.05) is 36.5 Å². The first-order chi connectivity index (χ1) is 13.7. The average molecular weight is 408 g/mol. The van der Waals surface area contributed by atoms with Gasteiger partial charge >= 0.3 is 0 Å². The summed E-state index contributed by atoms with van der Waals surface area (Å²) >= 11 is 1.67. The molecule has 0 fully saturated rings. The van der Waals surface area contributed by atoms with Crippen molar-refractivity contribution in [3.05, 3.63) is 81.9 Å². The molecule has 0 spiro atoms. The first kappa shape index (κ1) is 21.1.